The molecule has 5 rings (SSSR count). The first kappa shape index (κ1) is 22.6. The van der Waals surface area contributed by atoms with Crippen LogP contribution in [0.5, 0.6) is 5.75 Å². The number of rotatable bonds is 4. The first-order valence-electron chi connectivity index (χ1n) is 11.8. The molecule has 0 amide bonds. The summed E-state index contributed by atoms with van der Waals surface area (Å²) < 4.78 is 23.4. The number of hydrogen-bond donors (Lipinski definition) is 1. The molecule has 34 heavy (non-hydrogen) atoms. The van der Waals surface area contributed by atoms with Gasteiger partial charge in [0, 0.05) is 29.6 Å². The molecule has 4 heterocycles. The molecule has 0 radical (unpaired) electrons. The van der Waals surface area contributed by atoms with E-state index >= 15 is 0 Å². The molecule has 0 spiro atoms. The van der Waals surface area contributed by atoms with Crippen LogP contribution in [0.4, 0.5) is 11.6 Å². The number of benzene rings is 1. The second kappa shape index (κ2) is 11.3. The van der Waals surface area contributed by atoms with Gasteiger partial charge >= 0.3 is 0 Å². The van der Waals surface area contributed by atoms with Crippen molar-refractivity contribution in [2.75, 3.05) is 44.8 Å². The van der Waals surface area contributed by atoms with Crippen LogP contribution in [0, 0.1) is 0 Å². The molecule has 0 unspecified atom stereocenters. The Bertz CT molecular complexity index is 1110. The fourth-order valence-electron chi connectivity index (χ4n) is 4.09. The molecule has 8 heteroatoms. The van der Waals surface area contributed by atoms with E-state index in [-0.39, 0.29) is 0 Å². The Morgan fingerprint density at radius 3 is 2.74 bits per heavy atom. The predicted molar refractivity (Wildman–Crippen MR) is 129 cm³/mol. The minimum absolute atomic E-state index is 0.439. The Kier molecular flexibility index (Phi) is 7.50. The highest BCUT2D eigenvalue weighted by atomic mass is 16.5. The minimum atomic E-state index is 0.439. The first-order chi connectivity index (χ1) is 16.8. The number of hydrogen-bond acceptors (Lipinski definition) is 8. The second-order valence-electron chi connectivity index (χ2n) is 8.43. The van der Waals surface area contributed by atoms with Crippen LogP contribution in [0.25, 0.3) is 11.5 Å². The van der Waals surface area contributed by atoms with Crippen LogP contribution in [0.1, 0.15) is 24.0 Å². The number of likely N-dealkylation sites (tertiary alicyclic amines) is 1. The first-order valence-corrected chi connectivity index (χ1v) is 11.8. The van der Waals surface area contributed by atoms with Crippen molar-refractivity contribution in [3.05, 3.63) is 66.1 Å². The number of nitrogens with one attached hydrogen (secondary N) is 1. The third kappa shape index (κ3) is 6.02. The van der Waals surface area contributed by atoms with Crippen molar-refractivity contribution in [2.24, 2.45) is 0 Å². The maximum atomic E-state index is 6.14. The van der Waals surface area contributed by atoms with Crippen LogP contribution < -0.4 is 10.1 Å². The van der Waals surface area contributed by atoms with Crippen LogP contribution in [0.15, 0.2) is 59.4 Å². The number of nitrogens with zero attached hydrogens (tertiary/aromatic N) is 3. The number of furan rings is 1. The normalized spacial score (nSPS) is 18.0. The monoisotopic (exact) mass is 462 g/mol. The average Bonchev–Trinajstić information content (AvgIpc) is 3.54. The molecule has 8 nitrogen and oxygen atoms in total. The van der Waals surface area contributed by atoms with Crippen LogP contribution in [0.3, 0.4) is 0 Å². The van der Waals surface area contributed by atoms with Crippen LogP contribution in [-0.2, 0) is 22.7 Å². The second-order valence-corrected chi connectivity index (χ2v) is 8.43. The smallest absolute Gasteiger partial charge is 0.227 e. The van der Waals surface area contributed by atoms with E-state index in [0.717, 1.165) is 42.2 Å². The highest BCUT2D eigenvalue weighted by molar-refractivity contribution is 5.60. The summed E-state index contributed by atoms with van der Waals surface area (Å²) in [6, 6.07) is 9.75. The number of aromatic nitrogens is 2. The molecule has 1 aromatic carbocycles. The van der Waals surface area contributed by atoms with Crippen molar-refractivity contribution in [1.82, 2.24) is 14.9 Å². The summed E-state index contributed by atoms with van der Waals surface area (Å²) in [4.78, 5) is 11.4. The molecule has 3 aromatic rings. The predicted octanol–water partition coefficient (Wildman–Crippen LogP) is 4.56. The zero-order valence-electron chi connectivity index (χ0n) is 19.2. The molecule has 178 valence electrons. The van der Waals surface area contributed by atoms with E-state index in [9.17, 15) is 0 Å². The van der Waals surface area contributed by atoms with Gasteiger partial charge in [-0.2, -0.15) is 0 Å². The lowest BCUT2D eigenvalue weighted by atomic mass is 10.2. The molecule has 6 bridgehead atoms. The Morgan fingerprint density at radius 1 is 1.00 bits per heavy atom. The van der Waals surface area contributed by atoms with E-state index in [4.69, 9.17) is 18.6 Å². The van der Waals surface area contributed by atoms with Gasteiger partial charge in [0.15, 0.2) is 5.76 Å². The number of ether oxygens (including phenoxy) is 3. The summed E-state index contributed by atoms with van der Waals surface area (Å²) >= 11 is 0. The topological polar surface area (TPSA) is 81.9 Å². The van der Waals surface area contributed by atoms with E-state index in [1.807, 2.05) is 42.5 Å². The van der Waals surface area contributed by atoms with Gasteiger partial charge in [-0.15, -0.1) is 0 Å². The third-order valence-electron chi connectivity index (χ3n) is 5.86. The summed E-state index contributed by atoms with van der Waals surface area (Å²) in [5, 5.41) is 3.29. The highest BCUT2D eigenvalue weighted by Gasteiger charge is 2.13. The quantitative estimate of drug-likeness (QED) is 0.565. The van der Waals surface area contributed by atoms with Gasteiger partial charge in [-0.05, 0) is 56.3 Å². The maximum absolute atomic E-state index is 6.14. The Balaban J connectivity index is 1.35. The van der Waals surface area contributed by atoms with Crippen molar-refractivity contribution in [3.63, 3.8) is 0 Å². The molecule has 1 fully saturated rings. The van der Waals surface area contributed by atoms with Crippen LogP contribution >= 0.6 is 0 Å². The standard InChI is InChI=1S/C26H30N4O4/c1-2-10-30(9-1)11-14-33-24-6-5-22-16-21(24)19-32-13-4-3-12-31-17-20-15-25(34-18-20)23-7-8-27-26(28-22)29-23/h3-8,15-16,18H,1-2,9-14,17,19H2,(H,27,28,29)/b4-3+. The lowest BCUT2D eigenvalue weighted by Gasteiger charge is -2.17. The zero-order valence-corrected chi connectivity index (χ0v) is 19.2. The summed E-state index contributed by atoms with van der Waals surface area (Å²) in [6.45, 7) is 5.83. The van der Waals surface area contributed by atoms with E-state index in [2.05, 4.69) is 20.2 Å². The van der Waals surface area contributed by atoms with E-state index in [1.54, 1.807) is 12.5 Å². The molecular formula is C26H30N4O4. The summed E-state index contributed by atoms with van der Waals surface area (Å²) in [5.41, 5.74) is 3.51. The Labute approximate surface area is 199 Å². The van der Waals surface area contributed by atoms with Crippen LogP contribution in [-0.4, -0.2) is 54.3 Å². The van der Waals surface area contributed by atoms with E-state index in [1.165, 1.54) is 12.8 Å². The molecule has 1 N–H and O–H groups in total. The van der Waals surface area contributed by atoms with Crippen molar-refractivity contribution in [1.29, 1.82) is 0 Å². The lowest BCUT2D eigenvalue weighted by molar-refractivity contribution is 0.138. The SMILES string of the molecule is C1=C/COCc2cc(ccc2OCCN2CCCC2)Nc2nccc(n2)-c2cc(co2)COC/1. The van der Waals surface area contributed by atoms with Crippen molar-refractivity contribution >= 4 is 11.6 Å². The van der Waals surface area contributed by atoms with Gasteiger partial charge in [0.2, 0.25) is 5.95 Å². The molecule has 2 aliphatic rings. The molecule has 0 aliphatic carbocycles. The van der Waals surface area contributed by atoms with Gasteiger partial charge in [-0.25, -0.2) is 9.97 Å². The van der Waals surface area contributed by atoms with E-state index < -0.39 is 0 Å². The number of fused-ring (bicyclic) bond motifs is 7. The zero-order chi connectivity index (χ0) is 23.0. The number of anilines is 2. The molecular weight excluding hydrogens is 432 g/mol. The minimum Gasteiger partial charge on any atom is -0.492 e. The maximum Gasteiger partial charge on any atom is 0.227 e. The summed E-state index contributed by atoms with van der Waals surface area (Å²) in [6.07, 6.45) is 9.90. The van der Waals surface area contributed by atoms with Gasteiger partial charge in [0.25, 0.3) is 0 Å². The lowest BCUT2D eigenvalue weighted by Crippen LogP contribution is -2.25. The summed E-state index contributed by atoms with van der Waals surface area (Å²) in [7, 11) is 0. The van der Waals surface area contributed by atoms with Crippen LogP contribution in [0.2, 0.25) is 0 Å². The van der Waals surface area contributed by atoms with E-state index in [0.29, 0.717) is 50.4 Å². The van der Waals surface area contributed by atoms with Gasteiger partial charge in [0.1, 0.15) is 18.1 Å². The summed E-state index contributed by atoms with van der Waals surface area (Å²) in [5.74, 6) is 2.01. The fourth-order valence-corrected chi connectivity index (χ4v) is 4.09. The molecule has 0 atom stereocenters. The van der Waals surface area contributed by atoms with Gasteiger partial charge in [0.05, 0.1) is 32.7 Å². The highest BCUT2D eigenvalue weighted by Crippen LogP contribution is 2.27. The molecule has 2 aromatic heterocycles. The average molecular weight is 463 g/mol. The molecule has 1 saturated heterocycles. The Morgan fingerprint density at radius 2 is 1.85 bits per heavy atom. The van der Waals surface area contributed by atoms with Crippen molar-refractivity contribution < 1.29 is 18.6 Å². The Hall–Kier alpha value is -3.20. The fraction of sp³-hybridized carbons (Fsp3) is 0.385. The van der Waals surface area contributed by atoms with Crippen molar-refractivity contribution in [3.8, 4) is 17.2 Å². The molecule has 0 saturated carbocycles. The largest absolute Gasteiger partial charge is 0.492 e. The van der Waals surface area contributed by atoms with Crippen molar-refractivity contribution in [2.45, 2.75) is 26.1 Å². The molecule has 2 aliphatic heterocycles. The van der Waals surface area contributed by atoms with Gasteiger partial charge in [-0.1, -0.05) is 12.2 Å². The van der Waals surface area contributed by atoms with Gasteiger partial charge in [-0.3, -0.25) is 4.90 Å². The van der Waals surface area contributed by atoms with Gasteiger partial charge < -0.3 is 23.9 Å². The third-order valence-corrected chi connectivity index (χ3v) is 5.86.